The Morgan fingerprint density at radius 3 is 1.95 bits per heavy atom. The van der Waals surface area contributed by atoms with E-state index in [1.807, 2.05) is 0 Å². The molecule has 0 radical (unpaired) electrons. The molecule has 0 amide bonds. The fourth-order valence-electron chi connectivity index (χ4n) is 15.2. The van der Waals surface area contributed by atoms with Crippen molar-refractivity contribution < 1.29 is 83.9 Å². The smallest absolute Gasteiger partial charge is 0.337 e. The predicted molar refractivity (Wildman–Crippen MR) is 234 cm³/mol. The molecular weight excluding hydrogens is 861 g/mol. The molecule has 7 fully saturated rings. The van der Waals surface area contributed by atoms with Gasteiger partial charge in [0.05, 0.1) is 32.0 Å². The predicted octanol–water partition coefficient (Wildman–Crippen LogP) is 1.82. The van der Waals surface area contributed by atoms with Crippen LogP contribution in [0.2, 0.25) is 0 Å². The number of esters is 1. The molecule has 17 heteroatoms. The van der Waals surface area contributed by atoms with Crippen molar-refractivity contribution >= 4 is 5.97 Å². The normalized spacial score (nSPS) is 54.4. The molecule has 17 nitrogen and oxygen atoms in total. The van der Waals surface area contributed by atoms with E-state index < -0.39 is 116 Å². The van der Waals surface area contributed by atoms with E-state index in [4.69, 9.17) is 28.4 Å². The number of aliphatic hydroxyl groups excluding tert-OH is 9. The molecule has 24 atom stereocenters. The number of carbonyl (C=O) groups is 1. The number of aliphatic hydroxyl groups is 9. The van der Waals surface area contributed by atoms with Gasteiger partial charge in [-0.25, -0.2) is 4.79 Å². The van der Waals surface area contributed by atoms with Gasteiger partial charge in [-0.1, -0.05) is 67.0 Å². The van der Waals surface area contributed by atoms with E-state index in [0.29, 0.717) is 18.3 Å². The molecule has 378 valence electrons. The maximum atomic E-state index is 12.4. The van der Waals surface area contributed by atoms with Crippen molar-refractivity contribution in [3.8, 4) is 0 Å². The molecule has 0 bridgehead atoms. The molecule has 5 aliphatic carbocycles. The van der Waals surface area contributed by atoms with Crippen LogP contribution in [-0.4, -0.2) is 170 Å². The van der Waals surface area contributed by atoms with Crippen LogP contribution in [0.15, 0.2) is 11.6 Å². The summed E-state index contributed by atoms with van der Waals surface area (Å²) in [6, 6.07) is 0. The number of methoxy groups -OCH3 is 1. The van der Waals surface area contributed by atoms with Gasteiger partial charge in [0, 0.05) is 5.41 Å². The molecule has 9 N–H and O–H groups in total. The molecule has 0 aromatic carbocycles. The van der Waals surface area contributed by atoms with Crippen LogP contribution in [0.4, 0.5) is 0 Å². The second-order valence-corrected chi connectivity index (χ2v) is 23.9. The summed E-state index contributed by atoms with van der Waals surface area (Å²) >= 11 is 0. The summed E-state index contributed by atoms with van der Waals surface area (Å²) in [5.74, 6) is -0.0949. The van der Waals surface area contributed by atoms with Crippen LogP contribution < -0.4 is 0 Å². The molecule has 3 saturated heterocycles. The molecule has 66 heavy (non-hydrogen) atoms. The van der Waals surface area contributed by atoms with Crippen molar-refractivity contribution in [1.29, 1.82) is 0 Å². The zero-order chi connectivity index (χ0) is 48.4. The fourth-order valence-corrected chi connectivity index (χ4v) is 15.2. The zero-order valence-corrected chi connectivity index (χ0v) is 40.5. The van der Waals surface area contributed by atoms with Crippen LogP contribution in [0.3, 0.4) is 0 Å². The first kappa shape index (κ1) is 51.0. The summed E-state index contributed by atoms with van der Waals surface area (Å²) in [4.78, 5) is 12.4. The third kappa shape index (κ3) is 7.88. The highest BCUT2D eigenvalue weighted by Gasteiger charge is 2.69. The van der Waals surface area contributed by atoms with E-state index in [1.54, 1.807) is 12.5 Å². The summed E-state index contributed by atoms with van der Waals surface area (Å²) in [6.07, 6.45) is -14.7. The third-order valence-corrected chi connectivity index (χ3v) is 19.5. The van der Waals surface area contributed by atoms with Gasteiger partial charge >= 0.3 is 5.97 Å². The fraction of sp³-hybridized carbons (Fsp3) is 0.939. The van der Waals surface area contributed by atoms with Crippen LogP contribution in [-0.2, 0) is 38.0 Å². The Morgan fingerprint density at radius 2 is 1.30 bits per heavy atom. The maximum Gasteiger partial charge on any atom is 0.337 e. The summed E-state index contributed by atoms with van der Waals surface area (Å²) in [6.45, 7) is 19.8. The molecule has 0 aromatic heterocycles. The van der Waals surface area contributed by atoms with Crippen LogP contribution in [0, 0.1) is 50.2 Å². The van der Waals surface area contributed by atoms with Gasteiger partial charge in [0.2, 0.25) is 0 Å². The Balaban J connectivity index is 1.04. The topological polar surface area (TPSA) is 264 Å². The molecule has 3 heterocycles. The highest BCUT2D eigenvalue weighted by atomic mass is 16.8. The molecule has 0 spiro atoms. The molecule has 24 unspecified atom stereocenters. The van der Waals surface area contributed by atoms with Gasteiger partial charge in [0.1, 0.15) is 61.0 Å². The minimum Gasteiger partial charge on any atom is -0.467 e. The van der Waals surface area contributed by atoms with E-state index >= 15 is 0 Å². The van der Waals surface area contributed by atoms with E-state index in [9.17, 15) is 50.8 Å². The standard InChI is InChI=1S/C49H80O17/c1-22-30(52)33(55)38(66-43-39(34(56)31(53)25(21-50)62-43)65-41-36(58)32(54)35(57)37(64-41)40(59)60-10)42(61-22)63-29-14-15-47(7)26(45(29,4)5)13-16-49(9)27(47)12-11-23-24-19-44(2,3)20-28(51)46(24,6)17-18-48(23,49)8/h11,22,24-39,41-43,50-58H,12-21H2,1-10H3. The van der Waals surface area contributed by atoms with Crippen molar-refractivity contribution in [2.45, 2.75) is 224 Å². The summed E-state index contributed by atoms with van der Waals surface area (Å²) in [5.41, 5.74) is 1.10. The molecule has 8 rings (SSSR count). The lowest BCUT2D eigenvalue weighted by Gasteiger charge is -2.71. The Labute approximate surface area is 389 Å². The van der Waals surface area contributed by atoms with Crippen LogP contribution in [0.1, 0.15) is 120 Å². The minimum absolute atomic E-state index is 0.000945. The summed E-state index contributed by atoms with van der Waals surface area (Å²) in [7, 11) is 1.03. The molecular formula is C49H80O17. The van der Waals surface area contributed by atoms with Gasteiger partial charge in [0.25, 0.3) is 0 Å². The lowest BCUT2D eigenvalue weighted by Crippen LogP contribution is -2.67. The number of carbonyl (C=O) groups excluding carboxylic acids is 1. The monoisotopic (exact) mass is 941 g/mol. The number of fused-ring (bicyclic) bond motifs is 7. The van der Waals surface area contributed by atoms with Crippen LogP contribution in [0.25, 0.3) is 0 Å². The van der Waals surface area contributed by atoms with Gasteiger partial charge in [-0.15, -0.1) is 0 Å². The molecule has 4 saturated carbocycles. The van der Waals surface area contributed by atoms with Crippen LogP contribution in [0.5, 0.6) is 0 Å². The van der Waals surface area contributed by atoms with E-state index in [1.165, 1.54) is 0 Å². The molecule has 0 aromatic rings. The van der Waals surface area contributed by atoms with Gasteiger partial charge in [-0.05, 0) is 110 Å². The van der Waals surface area contributed by atoms with Crippen molar-refractivity contribution in [2.75, 3.05) is 13.7 Å². The quantitative estimate of drug-likeness (QED) is 0.0955. The van der Waals surface area contributed by atoms with E-state index in [0.717, 1.165) is 58.5 Å². The van der Waals surface area contributed by atoms with Gasteiger partial charge < -0.3 is 79.1 Å². The zero-order valence-electron chi connectivity index (χ0n) is 40.5. The highest BCUT2D eigenvalue weighted by Crippen LogP contribution is 2.76. The van der Waals surface area contributed by atoms with Crippen LogP contribution >= 0.6 is 0 Å². The van der Waals surface area contributed by atoms with Gasteiger partial charge in [0.15, 0.2) is 25.0 Å². The van der Waals surface area contributed by atoms with Gasteiger partial charge in [-0.2, -0.15) is 0 Å². The lowest BCUT2D eigenvalue weighted by atomic mass is 9.33. The minimum atomic E-state index is -1.98. The maximum absolute atomic E-state index is 12.4. The lowest BCUT2D eigenvalue weighted by molar-refractivity contribution is -0.396. The second-order valence-electron chi connectivity index (χ2n) is 23.9. The number of allylic oxidation sites excluding steroid dienone is 2. The number of hydrogen-bond acceptors (Lipinski definition) is 17. The molecule has 8 aliphatic rings. The first-order chi connectivity index (χ1) is 30.7. The molecule has 3 aliphatic heterocycles. The summed E-state index contributed by atoms with van der Waals surface area (Å²) < 4.78 is 41.6. The highest BCUT2D eigenvalue weighted by molar-refractivity contribution is 5.75. The first-order valence-electron chi connectivity index (χ1n) is 24.5. The Kier molecular flexibility index (Phi) is 13.7. The van der Waals surface area contributed by atoms with E-state index in [2.05, 4.69) is 66.2 Å². The van der Waals surface area contributed by atoms with Crippen molar-refractivity contribution in [3.05, 3.63) is 11.6 Å². The number of ether oxygens (including phenoxy) is 7. The van der Waals surface area contributed by atoms with E-state index in [-0.39, 0.29) is 39.1 Å². The second kappa shape index (κ2) is 17.7. The Hall–Kier alpha value is -1.39. The number of hydrogen-bond donors (Lipinski definition) is 9. The SMILES string of the molecule is COC(=O)C1OC(OC2C(OC3C(OC4CCC5(C)C(CCC6(C)C5CC=C5C7CC(C)(C)CC(O)C7(C)CCC56C)C4(C)C)OC(C)C(O)C3O)OC(CO)C(O)C2O)C(O)C(O)C1O. The van der Waals surface area contributed by atoms with Gasteiger partial charge in [-0.3, -0.25) is 0 Å². The number of rotatable bonds is 8. The average molecular weight is 941 g/mol. The Morgan fingerprint density at radius 1 is 0.667 bits per heavy atom. The first-order valence-corrected chi connectivity index (χ1v) is 24.5. The Bertz CT molecular complexity index is 1810. The van der Waals surface area contributed by atoms with Crippen molar-refractivity contribution in [2.24, 2.45) is 50.2 Å². The third-order valence-electron chi connectivity index (χ3n) is 19.5. The summed E-state index contributed by atoms with van der Waals surface area (Å²) in [5, 5.41) is 98.8. The average Bonchev–Trinajstić information content (AvgIpc) is 3.25. The largest absolute Gasteiger partial charge is 0.467 e. The van der Waals surface area contributed by atoms with Crippen molar-refractivity contribution in [1.82, 2.24) is 0 Å². The van der Waals surface area contributed by atoms with Crippen molar-refractivity contribution in [3.63, 3.8) is 0 Å².